The van der Waals surface area contributed by atoms with E-state index in [1.807, 2.05) is 0 Å². The number of nitrogens with zero attached hydrogens (tertiary/aromatic N) is 1. The van der Waals surface area contributed by atoms with Crippen molar-refractivity contribution in [3.63, 3.8) is 0 Å². The second kappa shape index (κ2) is 5.59. The number of halogens is 1. The summed E-state index contributed by atoms with van der Waals surface area (Å²) in [5.41, 5.74) is 6.73. The highest BCUT2D eigenvalue weighted by Crippen LogP contribution is 2.21. The van der Waals surface area contributed by atoms with Crippen LogP contribution >= 0.6 is 11.6 Å². The number of nitrogens with two attached hydrogens (primary N) is 1. The molecule has 3 N–H and O–H groups in total. The number of hydrogen-bond acceptors (Lipinski definition) is 3. The zero-order valence-corrected chi connectivity index (χ0v) is 10.4. The summed E-state index contributed by atoms with van der Waals surface area (Å²) in [5, 5.41) is 9.49. The molecule has 1 amide bonds. The number of hydrogen-bond donors (Lipinski definition) is 2. The minimum Gasteiger partial charge on any atom is -0.506 e. The van der Waals surface area contributed by atoms with Gasteiger partial charge in [-0.15, -0.1) is 11.6 Å². The molecule has 0 fully saturated rings. The summed E-state index contributed by atoms with van der Waals surface area (Å²) in [4.78, 5) is 13.4. The highest BCUT2D eigenvalue weighted by molar-refractivity contribution is 6.18. The van der Waals surface area contributed by atoms with E-state index < -0.39 is 0 Å². The van der Waals surface area contributed by atoms with Crippen molar-refractivity contribution in [3.8, 4) is 0 Å². The van der Waals surface area contributed by atoms with Crippen molar-refractivity contribution >= 4 is 17.5 Å². The summed E-state index contributed by atoms with van der Waals surface area (Å²) in [6.07, 6.45) is 4.94. The van der Waals surface area contributed by atoms with Crippen molar-refractivity contribution in [2.45, 2.75) is 13.3 Å². The van der Waals surface area contributed by atoms with E-state index in [0.717, 1.165) is 0 Å². The smallest absolute Gasteiger partial charge is 0.260 e. The van der Waals surface area contributed by atoms with Gasteiger partial charge in [-0.3, -0.25) is 9.69 Å². The molecule has 0 aliphatic carbocycles. The first-order valence-electron chi connectivity index (χ1n) is 5.10. The van der Waals surface area contributed by atoms with E-state index in [9.17, 15) is 9.90 Å². The van der Waals surface area contributed by atoms with Crippen LogP contribution in [0.1, 0.15) is 13.3 Å². The summed E-state index contributed by atoms with van der Waals surface area (Å²) in [6.45, 7) is 5.28. The van der Waals surface area contributed by atoms with Crippen molar-refractivity contribution in [3.05, 3.63) is 47.7 Å². The molecule has 0 unspecified atom stereocenters. The van der Waals surface area contributed by atoms with Gasteiger partial charge in [0.1, 0.15) is 5.76 Å². The van der Waals surface area contributed by atoms with E-state index in [4.69, 9.17) is 17.3 Å². The third-order valence-corrected chi connectivity index (χ3v) is 2.56. The van der Waals surface area contributed by atoms with E-state index >= 15 is 0 Å². The highest BCUT2D eigenvalue weighted by Gasteiger charge is 2.23. The zero-order chi connectivity index (χ0) is 13.0. The molecule has 1 aliphatic heterocycles. The number of aliphatic hydroxyl groups excluding tert-OH is 1. The molecule has 0 saturated heterocycles. The first-order chi connectivity index (χ1) is 7.99. The van der Waals surface area contributed by atoms with Crippen LogP contribution in [-0.4, -0.2) is 21.8 Å². The molecule has 0 aromatic carbocycles. The second-order valence-corrected chi connectivity index (χ2v) is 3.99. The Kier molecular flexibility index (Phi) is 4.40. The van der Waals surface area contributed by atoms with E-state index in [-0.39, 0.29) is 17.4 Å². The zero-order valence-electron chi connectivity index (χ0n) is 9.61. The van der Waals surface area contributed by atoms with Crippen molar-refractivity contribution in [2.75, 3.05) is 5.88 Å². The fourth-order valence-corrected chi connectivity index (χ4v) is 1.62. The topological polar surface area (TPSA) is 66.6 Å². The van der Waals surface area contributed by atoms with E-state index in [2.05, 4.69) is 6.58 Å². The number of carbonyl (C=O) groups excluding carboxylic acids is 1. The predicted molar refractivity (Wildman–Crippen MR) is 68.1 cm³/mol. The molecule has 0 aromatic rings. The lowest BCUT2D eigenvalue weighted by molar-refractivity contribution is -0.123. The number of aliphatic hydroxyl groups is 1. The molecule has 17 heavy (non-hydrogen) atoms. The van der Waals surface area contributed by atoms with E-state index in [0.29, 0.717) is 23.6 Å². The van der Waals surface area contributed by atoms with E-state index in [1.54, 1.807) is 13.0 Å². The lowest BCUT2D eigenvalue weighted by atomic mass is 10.1. The van der Waals surface area contributed by atoms with Crippen LogP contribution in [0.25, 0.3) is 0 Å². The molecule has 1 aliphatic rings. The van der Waals surface area contributed by atoms with Gasteiger partial charge in [0.25, 0.3) is 5.91 Å². The monoisotopic (exact) mass is 254 g/mol. The van der Waals surface area contributed by atoms with Crippen molar-refractivity contribution in [1.82, 2.24) is 4.90 Å². The first-order valence-corrected chi connectivity index (χ1v) is 5.64. The molecule has 0 spiro atoms. The Morgan fingerprint density at radius 2 is 2.29 bits per heavy atom. The van der Waals surface area contributed by atoms with Crippen molar-refractivity contribution in [2.24, 2.45) is 5.73 Å². The molecule has 1 heterocycles. The molecular weight excluding hydrogens is 240 g/mol. The standard InChI is InChI=1S/C12H15ClN2O2/c1-8(14)10(5-6-13)12(17)15-7-3-4-11(16)9(15)2/h3-4,7,16H,2,5-6,14H2,1H3/b10-8-. The summed E-state index contributed by atoms with van der Waals surface area (Å²) in [7, 11) is 0. The number of allylic oxidation sites excluding steroid dienone is 3. The molecular formula is C12H15ClN2O2. The van der Waals surface area contributed by atoms with Crippen LogP contribution in [0.3, 0.4) is 0 Å². The lowest BCUT2D eigenvalue weighted by Gasteiger charge is -2.24. The van der Waals surface area contributed by atoms with Crippen LogP contribution in [0, 0.1) is 0 Å². The molecule has 5 heteroatoms. The minimum absolute atomic E-state index is 0.0410. The van der Waals surface area contributed by atoms with Gasteiger partial charge < -0.3 is 10.8 Å². The van der Waals surface area contributed by atoms with Gasteiger partial charge in [-0.25, -0.2) is 0 Å². The third-order valence-electron chi connectivity index (χ3n) is 2.37. The fourth-order valence-electron chi connectivity index (χ4n) is 1.43. The summed E-state index contributed by atoms with van der Waals surface area (Å²) < 4.78 is 0. The predicted octanol–water partition coefficient (Wildman–Crippen LogP) is 2.16. The summed E-state index contributed by atoms with van der Waals surface area (Å²) >= 11 is 5.63. The van der Waals surface area contributed by atoms with Crippen LogP contribution in [-0.2, 0) is 4.79 Å². The van der Waals surface area contributed by atoms with Gasteiger partial charge in [-0.05, 0) is 25.5 Å². The molecule has 0 aromatic heterocycles. The highest BCUT2D eigenvalue weighted by atomic mass is 35.5. The van der Waals surface area contributed by atoms with E-state index in [1.165, 1.54) is 17.2 Å². The van der Waals surface area contributed by atoms with Crippen molar-refractivity contribution in [1.29, 1.82) is 0 Å². The average Bonchev–Trinajstić information content (AvgIpc) is 2.28. The Morgan fingerprint density at radius 3 is 2.82 bits per heavy atom. The van der Waals surface area contributed by atoms with Crippen LogP contribution in [0.2, 0.25) is 0 Å². The minimum atomic E-state index is -0.313. The van der Waals surface area contributed by atoms with Crippen LogP contribution in [0.15, 0.2) is 47.7 Å². The second-order valence-electron chi connectivity index (χ2n) is 3.62. The van der Waals surface area contributed by atoms with Crippen LogP contribution < -0.4 is 5.73 Å². The Morgan fingerprint density at radius 1 is 1.65 bits per heavy atom. The first kappa shape index (κ1) is 13.4. The maximum Gasteiger partial charge on any atom is 0.260 e. The molecule has 1 rings (SSSR count). The van der Waals surface area contributed by atoms with Crippen molar-refractivity contribution < 1.29 is 9.90 Å². The molecule has 4 nitrogen and oxygen atoms in total. The Labute approximate surface area is 105 Å². The molecule has 0 radical (unpaired) electrons. The van der Waals surface area contributed by atoms with Gasteiger partial charge in [0, 0.05) is 23.4 Å². The number of amides is 1. The van der Waals surface area contributed by atoms with Gasteiger partial charge in [-0.2, -0.15) is 0 Å². The Balaban J connectivity index is 2.98. The van der Waals surface area contributed by atoms with Crippen LogP contribution in [0.5, 0.6) is 0 Å². The van der Waals surface area contributed by atoms with Gasteiger partial charge >= 0.3 is 0 Å². The quantitative estimate of drug-likeness (QED) is 0.599. The van der Waals surface area contributed by atoms with Gasteiger partial charge in [0.15, 0.2) is 0 Å². The fraction of sp³-hybridized carbons (Fsp3) is 0.250. The SMILES string of the molecule is C=C1C(O)=CC=CN1C(=O)/C(CCCl)=C(/C)N. The van der Waals surface area contributed by atoms with Crippen LogP contribution in [0.4, 0.5) is 0 Å². The van der Waals surface area contributed by atoms with Gasteiger partial charge in [0.05, 0.1) is 5.70 Å². The number of rotatable bonds is 3. The Hall–Kier alpha value is -1.68. The molecule has 0 atom stereocenters. The maximum absolute atomic E-state index is 12.2. The van der Waals surface area contributed by atoms with Gasteiger partial charge in [-0.1, -0.05) is 6.58 Å². The molecule has 92 valence electrons. The summed E-state index contributed by atoms with van der Waals surface area (Å²) in [6, 6.07) is 0. The summed E-state index contributed by atoms with van der Waals surface area (Å²) in [5.74, 6) is -0.0473. The van der Waals surface area contributed by atoms with Gasteiger partial charge in [0.2, 0.25) is 0 Å². The maximum atomic E-state index is 12.2. The largest absolute Gasteiger partial charge is 0.506 e. The third kappa shape index (κ3) is 2.91. The number of alkyl halides is 1. The Bertz CT molecular complexity index is 432. The molecule has 0 saturated carbocycles. The lowest BCUT2D eigenvalue weighted by Crippen LogP contribution is -2.29. The number of carbonyl (C=O) groups is 1. The molecule has 0 bridgehead atoms. The average molecular weight is 255 g/mol. The normalized spacial score (nSPS) is 16.7.